The molecule has 0 aliphatic heterocycles. The van der Waals surface area contributed by atoms with Crippen LogP contribution < -0.4 is 0 Å². The number of esters is 1. The van der Waals surface area contributed by atoms with E-state index in [1.165, 1.54) is 4.90 Å². The van der Waals surface area contributed by atoms with Gasteiger partial charge < -0.3 is 14.4 Å². The van der Waals surface area contributed by atoms with Gasteiger partial charge in [-0.3, -0.25) is 9.59 Å². The standard InChI is InChI=1S/C19H33NO5/c1-6-24-17(22)13-14(2)20(18(23)25-19(3,4)5)12-11-16(21)15-9-7-8-10-15/h14-15H,6-13H2,1-5H3. The smallest absolute Gasteiger partial charge is 0.410 e. The first-order valence-corrected chi connectivity index (χ1v) is 9.32. The van der Waals surface area contributed by atoms with Crippen LogP contribution in [-0.4, -0.2) is 47.5 Å². The zero-order chi connectivity index (χ0) is 19.0. The molecule has 1 saturated carbocycles. The molecule has 0 bridgehead atoms. The number of hydrogen-bond acceptors (Lipinski definition) is 5. The second-order valence-corrected chi connectivity index (χ2v) is 7.73. The molecule has 1 rings (SSSR count). The average Bonchev–Trinajstić information content (AvgIpc) is 2.99. The molecule has 144 valence electrons. The SMILES string of the molecule is CCOC(=O)CC(C)N(CCC(=O)C1CCCC1)C(=O)OC(C)(C)C. The Morgan fingerprint density at radius 1 is 1.16 bits per heavy atom. The van der Waals surface area contributed by atoms with Crippen molar-refractivity contribution >= 4 is 17.8 Å². The normalized spacial score (nSPS) is 16.4. The van der Waals surface area contributed by atoms with Crippen molar-refractivity contribution in [2.45, 2.75) is 84.8 Å². The predicted octanol–water partition coefficient (Wildman–Crippen LogP) is 3.71. The van der Waals surface area contributed by atoms with Gasteiger partial charge in [0.25, 0.3) is 0 Å². The minimum atomic E-state index is -0.631. The molecule has 25 heavy (non-hydrogen) atoms. The topological polar surface area (TPSA) is 72.9 Å². The quantitative estimate of drug-likeness (QED) is 0.621. The molecular formula is C19H33NO5. The minimum Gasteiger partial charge on any atom is -0.466 e. The summed E-state index contributed by atoms with van der Waals surface area (Å²) in [7, 11) is 0. The molecule has 1 unspecified atom stereocenters. The van der Waals surface area contributed by atoms with Gasteiger partial charge in [0, 0.05) is 24.9 Å². The summed E-state index contributed by atoms with van der Waals surface area (Å²) in [5.41, 5.74) is -0.631. The van der Waals surface area contributed by atoms with E-state index in [2.05, 4.69) is 0 Å². The summed E-state index contributed by atoms with van der Waals surface area (Å²) in [6.07, 6.45) is 4.00. The van der Waals surface area contributed by atoms with Crippen molar-refractivity contribution < 1.29 is 23.9 Å². The van der Waals surface area contributed by atoms with Crippen LogP contribution in [-0.2, 0) is 19.1 Å². The highest BCUT2D eigenvalue weighted by Gasteiger charge is 2.29. The second kappa shape index (κ2) is 9.78. The molecule has 6 heteroatoms. The van der Waals surface area contributed by atoms with Crippen LogP contribution in [0.4, 0.5) is 4.79 Å². The fourth-order valence-corrected chi connectivity index (χ4v) is 3.07. The van der Waals surface area contributed by atoms with E-state index in [-0.39, 0.29) is 36.7 Å². The van der Waals surface area contributed by atoms with Crippen molar-refractivity contribution in [3.05, 3.63) is 0 Å². The Balaban J connectivity index is 2.70. The Bertz CT molecular complexity index is 463. The Morgan fingerprint density at radius 2 is 1.76 bits per heavy atom. The third-order valence-electron chi connectivity index (χ3n) is 4.34. The fraction of sp³-hybridized carbons (Fsp3) is 0.842. The van der Waals surface area contributed by atoms with Crippen molar-refractivity contribution in [1.82, 2.24) is 4.90 Å². The summed E-state index contributed by atoms with van der Waals surface area (Å²) < 4.78 is 10.4. The van der Waals surface area contributed by atoms with Crippen molar-refractivity contribution in [1.29, 1.82) is 0 Å². The first-order valence-electron chi connectivity index (χ1n) is 9.32. The summed E-state index contributed by atoms with van der Waals surface area (Å²) >= 11 is 0. The number of ether oxygens (including phenoxy) is 2. The maximum atomic E-state index is 12.5. The van der Waals surface area contributed by atoms with E-state index in [1.807, 2.05) is 0 Å². The molecule has 1 amide bonds. The molecule has 0 spiro atoms. The highest BCUT2D eigenvalue weighted by Crippen LogP contribution is 2.26. The van der Waals surface area contributed by atoms with Gasteiger partial charge in [-0.25, -0.2) is 4.79 Å². The summed E-state index contributed by atoms with van der Waals surface area (Å²) in [5, 5.41) is 0. The largest absolute Gasteiger partial charge is 0.466 e. The van der Waals surface area contributed by atoms with E-state index in [9.17, 15) is 14.4 Å². The van der Waals surface area contributed by atoms with Crippen molar-refractivity contribution in [3.8, 4) is 0 Å². The van der Waals surface area contributed by atoms with Gasteiger partial charge in [0.15, 0.2) is 0 Å². The molecule has 1 fully saturated rings. The van der Waals surface area contributed by atoms with E-state index in [0.29, 0.717) is 13.0 Å². The minimum absolute atomic E-state index is 0.0880. The molecule has 0 aromatic rings. The summed E-state index contributed by atoms with van der Waals surface area (Å²) in [6.45, 7) is 9.48. The van der Waals surface area contributed by atoms with Crippen molar-refractivity contribution in [3.63, 3.8) is 0 Å². The van der Waals surface area contributed by atoms with Gasteiger partial charge in [0.2, 0.25) is 0 Å². The van der Waals surface area contributed by atoms with Crippen LogP contribution in [0.3, 0.4) is 0 Å². The molecule has 0 aromatic carbocycles. The lowest BCUT2D eigenvalue weighted by Crippen LogP contribution is -2.44. The number of nitrogens with zero attached hydrogens (tertiary/aromatic N) is 1. The van der Waals surface area contributed by atoms with Crippen LogP contribution in [0.25, 0.3) is 0 Å². The van der Waals surface area contributed by atoms with Crippen molar-refractivity contribution in [2.24, 2.45) is 5.92 Å². The van der Waals surface area contributed by atoms with Gasteiger partial charge in [-0.2, -0.15) is 0 Å². The number of ketones is 1. The Labute approximate surface area is 151 Å². The van der Waals surface area contributed by atoms with E-state index in [1.54, 1.807) is 34.6 Å². The van der Waals surface area contributed by atoms with E-state index < -0.39 is 11.7 Å². The van der Waals surface area contributed by atoms with E-state index >= 15 is 0 Å². The molecule has 0 N–H and O–H groups in total. The third kappa shape index (κ3) is 7.88. The molecule has 1 atom stereocenters. The molecule has 1 aliphatic carbocycles. The molecule has 1 aliphatic rings. The first kappa shape index (κ1) is 21.5. The first-order chi connectivity index (χ1) is 11.6. The lowest BCUT2D eigenvalue weighted by Gasteiger charge is -2.31. The number of amides is 1. The van der Waals surface area contributed by atoms with Gasteiger partial charge in [-0.05, 0) is 47.5 Å². The number of Topliss-reactive ketones (excluding diaryl/α,β-unsaturated/α-hetero) is 1. The fourth-order valence-electron chi connectivity index (χ4n) is 3.07. The van der Waals surface area contributed by atoms with Gasteiger partial charge in [0.05, 0.1) is 13.0 Å². The van der Waals surface area contributed by atoms with Crippen LogP contribution >= 0.6 is 0 Å². The highest BCUT2D eigenvalue weighted by atomic mass is 16.6. The van der Waals surface area contributed by atoms with Gasteiger partial charge in [-0.15, -0.1) is 0 Å². The molecular weight excluding hydrogens is 322 g/mol. The molecule has 0 saturated heterocycles. The average molecular weight is 355 g/mol. The lowest BCUT2D eigenvalue weighted by molar-refractivity contribution is -0.144. The van der Waals surface area contributed by atoms with E-state index in [0.717, 1.165) is 25.7 Å². The number of rotatable bonds is 8. The third-order valence-corrected chi connectivity index (χ3v) is 4.34. The maximum absolute atomic E-state index is 12.5. The number of carbonyl (C=O) groups excluding carboxylic acids is 3. The van der Waals surface area contributed by atoms with Gasteiger partial charge in [0.1, 0.15) is 11.4 Å². The Hall–Kier alpha value is -1.59. The molecule has 6 nitrogen and oxygen atoms in total. The zero-order valence-corrected chi connectivity index (χ0v) is 16.3. The summed E-state index contributed by atoms with van der Waals surface area (Å²) in [6, 6.07) is -0.384. The molecule has 0 aromatic heterocycles. The second-order valence-electron chi connectivity index (χ2n) is 7.73. The predicted molar refractivity (Wildman–Crippen MR) is 95.2 cm³/mol. The molecule has 0 radical (unpaired) electrons. The van der Waals surface area contributed by atoms with Crippen LogP contribution in [0.15, 0.2) is 0 Å². The van der Waals surface area contributed by atoms with Crippen LogP contribution in [0.1, 0.15) is 73.1 Å². The van der Waals surface area contributed by atoms with Crippen LogP contribution in [0, 0.1) is 5.92 Å². The highest BCUT2D eigenvalue weighted by molar-refractivity contribution is 5.82. The Morgan fingerprint density at radius 3 is 2.28 bits per heavy atom. The van der Waals surface area contributed by atoms with Crippen molar-refractivity contribution in [2.75, 3.05) is 13.2 Å². The monoisotopic (exact) mass is 355 g/mol. The number of carbonyl (C=O) groups is 3. The zero-order valence-electron chi connectivity index (χ0n) is 16.3. The summed E-state index contributed by atoms with van der Waals surface area (Å²) in [4.78, 5) is 38.1. The maximum Gasteiger partial charge on any atom is 0.410 e. The molecule has 0 heterocycles. The summed E-state index contributed by atoms with van der Waals surface area (Å²) in [5.74, 6) is -0.0269. The van der Waals surface area contributed by atoms with Crippen LogP contribution in [0.5, 0.6) is 0 Å². The Kier molecular flexibility index (Phi) is 8.39. The van der Waals surface area contributed by atoms with E-state index in [4.69, 9.17) is 9.47 Å². The lowest BCUT2D eigenvalue weighted by atomic mass is 10.00. The number of hydrogen-bond donors (Lipinski definition) is 0. The van der Waals surface area contributed by atoms with Crippen LogP contribution in [0.2, 0.25) is 0 Å². The van der Waals surface area contributed by atoms with Gasteiger partial charge in [-0.1, -0.05) is 12.8 Å². The van der Waals surface area contributed by atoms with Gasteiger partial charge >= 0.3 is 12.1 Å².